The summed E-state index contributed by atoms with van der Waals surface area (Å²) in [6, 6.07) is -0.0716. The van der Waals surface area contributed by atoms with Crippen molar-refractivity contribution in [3.63, 3.8) is 0 Å². The highest BCUT2D eigenvalue weighted by Crippen LogP contribution is 2.39. The summed E-state index contributed by atoms with van der Waals surface area (Å²) in [7, 11) is 0. The average molecular weight is 386 g/mol. The summed E-state index contributed by atoms with van der Waals surface area (Å²) in [6.07, 6.45) is 5.75. The van der Waals surface area contributed by atoms with Crippen LogP contribution in [0.4, 0.5) is 0 Å². The molecule has 7 nitrogen and oxygen atoms in total. The van der Waals surface area contributed by atoms with Gasteiger partial charge in [-0.05, 0) is 37.7 Å². The summed E-state index contributed by atoms with van der Waals surface area (Å²) >= 11 is 0. The molecule has 0 fully saturated rings. The van der Waals surface area contributed by atoms with E-state index in [1.165, 1.54) is 6.33 Å². The smallest absolute Gasteiger partial charge is 0.224 e. The molecule has 2 aromatic heterocycles. The monoisotopic (exact) mass is 385 g/mol. The molecule has 1 aliphatic carbocycles. The van der Waals surface area contributed by atoms with Crippen LogP contribution >= 0.6 is 0 Å². The van der Waals surface area contributed by atoms with Crippen molar-refractivity contribution in [2.24, 2.45) is 5.41 Å². The van der Waals surface area contributed by atoms with E-state index in [0.717, 1.165) is 41.9 Å². The van der Waals surface area contributed by atoms with E-state index in [0.29, 0.717) is 13.0 Å². The molecule has 28 heavy (non-hydrogen) atoms. The highest BCUT2D eigenvalue weighted by Gasteiger charge is 2.36. The van der Waals surface area contributed by atoms with Crippen molar-refractivity contribution in [3.8, 4) is 0 Å². The Morgan fingerprint density at radius 2 is 2.11 bits per heavy atom. The lowest BCUT2D eigenvalue weighted by Gasteiger charge is -2.30. The first-order chi connectivity index (χ1) is 13.2. The summed E-state index contributed by atoms with van der Waals surface area (Å²) in [6.45, 7) is 11.8. The SMILES string of the molecule is CCCn1c(C)c(CC(=O)N[C@H](C)Cn2cncn2)c2c1CC(C)(C)CC2=O. The first-order valence-electron chi connectivity index (χ1n) is 10.1. The van der Waals surface area contributed by atoms with Crippen LogP contribution < -0.4 is 5.32 Å². The molecule has 0 bridgehead atoms. The number of Topliss-reactive ketones (excluding diaryl/α,β-unsaturated/α-hetero) is 1. The summed E-state index contributed by atoms with van der Waals surface area (Å²) in [4.78, 5) is 29.6. The third-order valence-corrected chi connectivity index (χ3v) is 5.44. The number of hydrogen-bond donors (Lipinski definition) is 1. The Morgan fingerprint density at radius 3 is 2.75 bits per heavy atom. The Labute approximate surface area is 166 Å². The van der Waals surface area contributed by atoms with Crippen LogP contribution in [0.2, 0.25) is 0 Å². The van der Waals surface area contributed by atoms with Crippen LogP contribution in [-0.2, 0) is 30.7 Å². The number of nitrogens with one attached hydrogen (secondary N) is 1. The van der Waals surface area contributed by atoms with Gasteiger partial charge in [0.1, 0.15) is 12.7 Å². The Hall–Kier alpha value is -2.44. The van der Waals surface area contributed by atoms with Crippen LogP contribution in [-0.4, -0.2) is 37.1 Å². The van der Waals surface area contributed by atoms with Crippen LogP contribution in [0, 0.1) is 12.3 Å². The zero-order valence-corrected chi connectivity index (χ0v) is 17.6. The molecule has 0 radical (unpaired) electrons. The van der Waals surface area contributed by atoms with Crippen molar-refractivity contribution in [1.82, 2.24) is 24.6 Å². The van der Waals surface area contributed by atoms with E-state index in [2.05, 4.69) is 40.7 Å². The van der Waals surface area contributed by atoms with E-state index in [-0.39, 0.29) is 29.6 Å². The predicted octanol–water partition coefficient (Wildman–Crippen LogP) is 2.70. The highest BCUT2D eigenvalue weighted by atomic mass is 16.1. The third-order valence-electron chi connectivity index (χ3n) is 5.44. The number of fused-ring (bicyclic) bond motifs is 1. The second kappa shape index (κ2) is 7.89. The lowest BCUT2D eigenvalue weighted by molar-refractivity contribution is -0.121. The summed E-state index contributed by atoms with van der Waals surface area (Å²) in [5, 5.41) is 7.10. The molecule has 3 rings (SSSR count). The van der Waals surface area contributed by atoms with Gasteiger partial charge in [-0.3, -0.25) is 14.3 Å². The van der Waals surface area contributed by atoms with Gasteiger partial charge in [-0.25, -0.2) is 4.98 Å². The highest BCUT2D eigenvalue weighted by molar-refractivity contribution is 6.01. The summed E-state index contributed by atoms with van der Waals surface area (Å²) < 4.78 is 3.96. The Morgan fingerprint density at radius 1 is 1.36 bits per heavy atom. The quantitative estimate of drug-likeness (QED) is 0.794. The molecule has 0 aromatic carbocycles. The van der Waals surface area contributed by atoms with E-state index in [9.17, 15) is 9.59 Å². The number of carbonyl (C=O) groups excluding carboxylic acids is 2. The van der Waals surface area contributed by atoms with E-state index in [1.54, 1.807) is 11.0 Å². The molecule has 1 amide bonds. The number of rotatable bonds is 7. The molecule has 1 N–H and O–H groups in total. The van der Waals surface area contributed by atoms with Gasteiger partial charge in [0.25, 0.3) is 0 Å². The van der Waals surface area contributed by atoms with E-state index < -0.39 is 0 Å². The van der Waals surface area contributed by atoms with Gasteiger partial charge in [0.15, 0.2) is 5.78 Å². The summed E-state index contributed by atoms with van der Waals surface area (Å²) in [5.41, 5.74) is 3.82. The Kier molecular flexibility index (Phi) is 5.72. The number of amides is 1. The largest absolute Gasteiger partial charge is 0.351 e. The minimum absolute atomic E-state index is 0.0355. The second-order valence-corrected chi connectivity index (χ2v) is 8.74. The fourth-order valence-corrected chi connectivity index (χ4v) is 4.29. The zero-order valence-electron chi connectivity index (χ0n) is 17.6. The molecule has 0 saturated carbocycles. The van der Waals surface area contributed by atoms with Gasteiger partial charge < -0.3 is 9.88 Å². The minimum atomic E-state index is -0.0716. The maximum absolute atomic E-state index is 12.9. The second-order valence-electron chi connectivity index (χ2n) is 8.74. The third kappa shape index (κ3) is 4.18. The zero-order chi connectivity index (χ0) is 20.5. The van der Waals surface area contributed by atoms with Gasteiger partial charge in [0.2, 0.25) is 5.91 Å². The molecule has 0 spiro atoms. The Bertz CT molecular complexity index is 864. The fourth-order valence-electron chi connectivity index (χ4n) is 4.29. The predicted molar refractivity (Wildman–Crippen MR) is 107 cm³/mol. The normalized spacial score (nSPS) is 16.7. The molecule has 1 atom stereocenters. The van der Waals surface area contributed by atoms with Crippen LogP contribution in [0.5, 0.6) is 0 Å². The van der Waals surface area contributed by atoms with E-state index >= 15 is 0 Å². The molecule has 0 aliphatic heterocycles. The molecular formula is C21H31N5O2. The van der Waals surface area contributed by atoms with Crippen LogP contribution in [0.25, 0.3) is 0 Å². The molecule has 0 unspecified atom stereocenters. The van der Waals surface area contributed by atoms with E-state index in [4.69, 9.17) is 0 Å². The average Bonchev–Trinajstić information content (AvgIpc) is 3.16. The van der Waals surface area contributed by atoms with E-state index in [1.807, 2.05) is 13.8 Å². The topological polar surface area (TPSA) is 81.8 Å². The standard InChI is InChI=1S/C21H31N5O2/c1-6-7-26-15(3)16(20-17(26)9-21(4,5)10-18(20)27)8-19(28)24-14(2)11-25-13-22-12-23-25/h12-14H,6-11H2,1-5H3,(H,24,28)/t14-/m1/s1. The van der Waals surface area contributed by atoms with Crippen LogP contribution in [0.15, 0.2) is 12.7 Å². The van der Waals surface area contributed by atoms with Gasteiger partial charge in [0, 0.05) is 36.0 Å². The molecular weight excluding hydrogens is 354 g/mol. The lowest BCUT2D eigenvalue weighted by Crippen LogP contribution is -2.37. The maximum atomic E-state index is 12.9. The van der Waals surface area contributed by atoms with Gasteiger partial charge in [-0.1, -0.05) is 20.8 Å². The maximum Gasteiger partial charge on any atom is 0.224 e. The number of carbonyl (C=O) groups is 2. The molecule has 0 saturated heterocycles. The minimum Gasteiger partial charge on any atom is -0.351 e. The van der Waals surface area contributed by atoms with Crippen molar-refractivity contribution in [3.05, 3.63) is 35.2 Å². The van der Waals surface area contributed by atoms with Crippen LogP contribution in [0.3, 0.4) is 0 Å². The van der Waals surface area contributed by atoms with Gasteiger partial charge in [-0.2, -0.15) is 5.10 Å². The lowest BCUT2D eigenvalue weighted by atomic mass is 9.75. The number of nitrogens with zero attached hydrogens (tertiary/aromatic N) is 4. The first-order valence-corrected chi connectivity index (χ1v) is 10.1. The van der Waals surface area contributed by atoms with Crippen molar-refractivity contribution in [1.29, 1.82) is 0 Å². The van der Waals surface area contributed by atoms with Gasteiger partial charge in [0.05, 0.1) is 13.0 Å². The van der Waals surface area contributed by atoms with Gasteiger partial charge >= 0.3 is 0 Å². The van der Waals surface area contributed by atoms with Crippen molar-refractivity contribution in [2.45, 2.75) is 79.4 Å². The van der Waals surface area contributed by atoms with Crippen molar-refractivity contribution in [2.75, 3.05) is 0 Å². The molecule has 7 heteroatoms. The van der Waals surface area contributed by atoms with Gasteiger partial charge in [-0.15, -0.1) is 0 Å². The van der Waals surface area contributed by atoms with Crippen molar-refractivity contribution < 1.29 is 9.59 Å². The molecule has 2 aromatic rings. The molecule has 152 valence electrons. The van der Waals surface area contributed by atoms with Crippen molar-refractivity contribution >= 4 is 11.7 Å². The molecule has 2 heterocycles. The Balaban J connectivity index is 1.81. The fraction of sp³-hybridized carbons (Fsp3) is 0.619. The summed E-state index contributed by atoms with van der Waals surface area (Å²) in [5.74, 6) is 0.104. The number of ketones is 1. The first kappa shape index (κ1) is 20.3. The number of aromatic nitrogens is 4. The number of hydrogen-bond acceptors (Lipinski definition) is 4. The molecule has 1 aliphatic rings. The van der Waals surface area contributed by atoms with Crippen LogP contribution in [0.1, 0.15) is 67.8 Å².